The first kappa shape index (κ1) is 20.3. The first-order chi connectivity index (χ1) is 12.5. The van der Waals surface area contributed by atoms with Crippen molar-refractivity contribution in [2.24, 2.45) is 0 Å². The third-order valence-corrected chi connectivity index (χ3v) is 4.78. The summed E-state index contributed by atoms with van der Waals surface area (Å²) in [5, 5.41) is 3.35. The van der Waals surface area contributed by atoms with E-state index in [1.54, 1.807) is 12.1 Å². The predicted molar refractivity (Wildman–Crippen MR) is 104 cm³/mol. The minimum absolute atomic E-state index is 0.0519. The highest BCUT2D eigenvalue weighted by atomic mass is 16.1. The number of pyridine rings is 1. The molecule has 0 aliphatic heterocycles. The van der Waals surface area contributed by atoms with Crippen molar-refractivity contribution in [3.8, 4) is 0 Å². The van der Waals surface area contributed by atoms with Crippen molar-refractivity contribution >= 4 is 11.6 Å². The topological polar surface area (TPSA) is 62.3 Å². The van der Waals surface area contributed by atoms with Crippen LogP contribution in [-0.4, -0.2) is 40.7 Å². The highest BCUT2D eigenvalue weighted by Crippen LogP contribution is 2.20. The second-order valence-corrected chi connectivity index (χ2v) is 6.91. The molecule has 1 heterocycles. The van der Waals surface area contributed by atoms with Crippen LogP contribution in [0.3, 0.4) is 0 Å². The fourth-order valence-electron chi connectivity index (χ4n) is 3.22. The van der Waals surface area contributed by atoms with Gasteiger partial charge < -0.3 is 5.32 Å². The standard InChI is InChI=1S/C21H31N3O2/c1-5-8-12-24(13-9-6-2)19(7-3)23-17-14-18(25)20-16(21(17)26)11-10-15(4)22-20/h10-11,14,19,23H,5-9,12-13H2,1-4H3. The maximum atomic E-state index is 12.8. The van der Waals surface area contributed by atoms with Gasteiger partial charge in [-0.2, -0.15) is 0 Å². The summed E-state index contributed by atoms with van der Waals surface area (Å²) in [7, 11) is 0. The summed E-state index contributed by atoms with van der Waals surface area (Å²) in [6.07, 6.45) is 6.86. The van der Waals surface area contributed by atoms with Crippen molar-refractivity contribution in [3.63, 3.8) is 0 Å². The molecule has 1 N–H and O–H groups in total. The molecule has 1 atom stereocenters. The molecule has 26 heavy (non-hydrogen) atoms. The molecular weight excluding hydrogens is 326 g/mol. The van der Waals surface area contributed by atoms with Crippen molar-refractivity contribution in [3.05, 3.63) is 40.9 Å². The molecule has 5 nitrogen and oxygen atoms in total. The summed E-state index contributed by atoms with van der Waals surface area (Å²) in [6, 6.07) is 3.48. The van der Waals surface area contributed by atoms with Crippen LogP contribution in [0.2, 0.25) is 0 Å². The van der Waals surface area contributed by atoms with Crippen molar-refractivity contribution in [2.45, 2.75) is 66.0 Å². The number of aromatic nitrogens is 1. The maximum Gasteiger partial charge on any atom is 0.211 e. The molecular formula is C21H31N3O2. The van der Waals surface area contributed by atoms with Crippen LogP contribution in [0.1, 0.15) is 79.4 Å². The number of carbonyl (C=O) groups is 2. The normalized spacial score (nSPS) is 15.0. The van der Waals surface area contributed by atoms with E-state index < -0.39 is 0 Å². The van der Waals surface area contributed by atoms with Crippen LogP contribution >= 0.6 is 0 Å². The lowest BCUT2D eigenvalue weighted by atomic mass is 9.96. The number of nitrogens with zero attached hydrogens (tertiary/aromatic N) is 2. The number of ketones is 2. The van der Waals surface area contributed by atoms with Crippen molar-refractivity contribution in [1.29, 1.82) is 0 Å². The monoisotopic (exact) mass is 357 g/mol. The summed E-state index contributed by atoms with van der Waals surface area (Å²) < 4.78 is 0. The molecule has 1 aromatic rings. The SMILES string of the molecule is CCCCN(CCCC)C(CC)NC1=CC(=O)c2nc(C)ccc2C1=O. The molecule has 1 aromatic heterocycles. The van der Waals surface area contributed by atoms with Gasteiger partial charge in [0, 0.05) is 24.9 Å². The number of rotatable bonds is 10. The first-order valence-electron chi connectivity index (χ1n) is 9.80. The molecule has 0 radical (unpaired) electrons. The zero-order valence-electron chi connectivity index (χ0n) is 16.5. The Morgan fingerprint density at radius 1 is 1.08 bits per heavy atom. The third-order valence-electron chi connectivity index (χ3n) is 4.78. The van der Waals surface area contributed by atoms with Crippen LogP contribution in [0, 0.1) is 6.92 Å². The van der Waals surface area contributed by atoms with Gasteiger partial charge in [-0.1, -0.05) is 33.6 Å². The molecule has 2 rings (SSSR count). The van der Waals surface area contributed by atoms with Gasteiger partial charge in [-0.05, 0) is 38.3 Å². The molecule has 1 aliphatic carbocycles. The van der Waals surface area contributed by atoms with Crippen LogP contribution in [0.5, 0.6) is 0 Å². The number of nitrogens with one attached hydrogen (secondary N) is 1. The molecule has 1 unspecified atom stereocenters. The second kappa shape index (κ2) is 9.62. The number of aryl methyl sites for hydroxylation is 1. The zero-order valence-corrected chi connectivity index (χ0v) is 16.5. The Balaban J connectivity index is 2.19. The van der Waals surface area contributed by atoms with Gasteiger partial charge >= 0.3 is 0 Å². The van der Waals surface area contributed by atoms with Gasteiger partial charge in [-0.3, -0.25) is 14.5 Å². The van der Waals surface area contributed by atoms with Crippen molar-refractivity contribution in [1.82, 2.24) is 15.2 Å². The fourth-order valence-corrected chi connectivity index (χ4v) is 3.22. The van der Waals surface area contributed by atoms with Gasteiger partial charge in [0.1, 0.15) is 5.69 Å². The minimum Gasteiger partial charge on any atom is -0.366 e. The predicted octanol–water partition coefficient (Wildman–Crippen LogP) is 3.88. The van der Waals surface area contributed by atoms with E-state index >= 15 is 0 Å². The Kier molecular flexibility index (Phi) is 7.51. The Labute approximate surface area is 156 Å². The van der Waals surface area contributed by atoms with E-state index in [2.05, 4.69) is 36.0 Å². The molecule has 0 bridgehead atoms. The van der Waals surface area contributed by atoms with Gasteiger partial charge in [0.25, 0.3) is 0 Å². The Morgan fingerprint density at radius 2 is 1.73 bits per heavy atom. The van der Waals surface area contributed by atoms with Crippen LogP contribution in [0.25, 0.3) is 0 Å². The maximum absolute atomic E-state index is 12.8. The van der Waals surface area contributed by atoms with E-state index in [9.17, 15) is 9.59 Å². The zero-order chi connectivity index (χ0) is 19.1. The third kappa shape index (κ3) is 4.79. The average Bonchev–Trinajstić information content (AvgIpc) is 2.64. The Bertz CT molecular complexity index is 674. The molecule has 0 spiro atoms. The van der Waals surface area contributed by atoms with E-state index in [-0.39, 0.29) is 23.4 Å². The second-order valence-electron chi connectivity index (χ2n) is 6.91. The number of hydrogen-bond acceptors (Lipinski definition) is 5. The summed E-state index contributed by atoms with van der Waals surface area (Å²) in [5.41, 5.74) is 1.79. The number of allylic oxidation sites excluding steroid dienone is 2. The average molecular weight is 357 g/mol. The Morgan fingerprint density at radius 3 is 2.31 bits per heavy atom. The molecule has 0 saturated heterocycles. The van der Waals surface area contributed by atoms with E-state index in [1.807, 2.05) is 6.92 Å². The van der Waals surface area contributed by atoms with Crippen molar-refractivity contribution in [2.75, 3.05) is 13.1 Å². The molecule has 0 aromatic carbocycles. The molecule has 1 aliphatic rings. The molecule has 142 valence electrons. The highest BCUT2D eigenvalue weighted by Gasteiger charge is 2.29. The summed E-state index contributed by atoms with van der Waals surface area (Å²) in [4.78, 5) is 31.9. The molecule has 0 saturated carbocycles. The van der Waals surface area contributed by atoms with Crippen molar-refractivity contribution < 1.29 is 9.59 Å². The van der Waals surface area contributed by atoms with Gasteiger partial charge in [-0.25, -0.2) is 4.98 Å². The smallest absolute Gasteiger partial charge is 0.211 e. The fraction of sp³-hybridized carbons (Fsp3) is 0.571. The largest absolute Gasteiger partial charge is 0.366 e. The van der Waals surface area contributed by atoms with Crippen LogP contribution in [0.4, 0.5) is 0 Å². The number of unbranched alkanes of at least 4 members (excludes halogenated alkanes) is 2. The molecule has 5 heteroatoms. The van der Waals surface area contributed by atoms with E-state index in [0.29, 0.717) is 11.3 Å². The number of Topliss-reactive ketones (excluding diaryl/α,β-unsaturated/α-hetero) is 1. The number of carbonyl (C=O) groups excluding carboxylic acids is 2. The van der Waals surface area contributed by atoms with Crippen LogP contribution in [-0.2, 0) is 0 Å². The number of hydrogen-bond donors (Lipinski definition) is 1. The van der Waals surface area contributed by atoms with Crippen LogP contribution < -0.4 is 5.32 Å². The van der Waals surface area contributed by atoms with E-state index in [0.717, 1.165) is 50.9 Å². The summed E-state index contributed by atoms with van der Waals surface area (Å²) in [5.74, 6) is -0.342. The highest BCUT2D eigenvalue weighted by molar-refractivity contribution is 6.23. The lowest BCUT2D eigenvalue weighted by molar-refractivity contribution is 0.0957. The summed E-state index contributed by atoms with van der Waals surface area (Å²) in [6.45, 7) is 10.3. The van der Waals surface area contributed by atoms with Gasteiger partial charge in [0.15, 0.2) is 0 Å². The Hall–Kier alpha value is -2.01. The quantitative estimate of drug-likeness (QED) is 0.644. The molecule has 0 amide bonds. The molecule has 0 fully saturated rings. The lowest BCUT2D eigenvalue weighted by Gasteiger charge is -2.33. The lowest BCUT2D eigenvalue weighted by Crippen LogP contribution is -2.47. The number of fused-ring (bicyclic) bond motifs is 1. The first-order valence-corrected chi connectivity index (χ1v) is 9.80. The summed E-state index contributed by atoms with van der Waals surface area (Å²) >= 11 is 0. The van der Waals surface area contributed by atoms with E-state index in [4.69, 9.17) is 0 Å². The minimum atomic E-state index is -0.200. The van der Waals surface area contributed by atoms with Gasteiger partial charge in [0.2, 0.25) is 11.6 Å². The van der Waals surface area contributed by atoms with E-state index in [1.165, 1.54) is 6.08 Å². The van der Waals surface area contributed by atoms with Gasteiger partial charge in [-0.15, -0.1) is 0 Å². The van der Waals surface area contributed by atoms with Gasteiger partial charge in [0.05, 0.1) is 17.4 Å². The van der Waals surface area contributed by atoms with Crippen LogP contribution in [0.15, 0.2) is 23.9 Å².